The van der Waals surface area contributed by atoms with Crippen molar-refractivity contribution in [2.75, 3.05) is 7.11 Å². The lowest BCUT2D eigenvalue weighted by Gasteiger charge is -1.99. The molecule has 0 atom stereocenters. The molecule has 0 aliphatic carbocycles. The Kier molecular flexibility index (Phi) is 4.15. The summed E-state index contributed by atoms with van der Waals surface area (Å²) < 4.78 is 4.90. The lowest BCUT2D eigenvalue weighted by atomic mass is 10.2. The van der Waals surface area contributed by atoms with Crippen LogP contribution in [0, 0.1) is 0 Å². The van der Waals surface area contributed by atoms with Crippen LogP contribution in [0.2, 0.25) is 0 Å². The molecule has 4 heteroatoms. The fraction of sp³-hybridized carbons (Fsp3) is 0.125. The summed E-state index contributed by atoms with van der Waals surface area (Å²) in [5.41, 5.74) is 5.51. The van der Waals surface area contributed by atoms with Crippen molar-refractivity contribution in [1.29, 1.82) is 0 Å². The van der Waals surface area contributed by atoms with Crippen molar-refractivity contribution < 1.29 is 9.53 Å². The number of hydrogen-bond donors (Lipinski definition) is 1. The standard InChI is InChI=1S/C8H9NO2.ClH/c1-11-7-4-2-3-6(5-7)8(9)10;/h2-5H,1H3,(H2,9,10);1H. The Hall–Kier alpha value is -1.22. The normalized spacial score (nSPS) is 8.42. The van der Waals surface area contributed by atoms with Gasteiger partial charge in [-0.15, -0.1) is 12.4 Å². The fourth-order valence-corrected chi connectivity index (χ4v) is 0.776. The van der Waals surface area contributed by atoms with Crippen molar-refractivity contribution >= 4 is 18.3 Å². The van der Waals surface area contributed by atoms with Gasteiger partial charge in [0.25, 0.3) is 0 Å². The highest BCUT2D eigenvalue weighted by atomic mass is 35.5. The molecule has 1 amide bonds. The second-order valence-corrected chi connectivity index (χ2v) is 2.10. The third-order valence-electron chi connectivity index (χ3n) is 1.35. The van der Waals surface area contributed by atoms with Gasteiger partial charge >= 0.3 is 0 Å². The zero-order valence-electron chi connectivity index (χ0n) is 6.61. The van der Waals surface area contributed by atoms with E-state index in [9.17, 15) is 4.79 Å². The van der Waals surface area contributed by atoms with Crippen LogP contribution in [0.4, 0.5) is 0 Å². The minimum atomic E-state index is -0.441. The number of carbonyl (C=O) groups is 1. The molecule has 0 unspecified atom stereocenters. The predicted molar refractivity (Wildman–Crippen MR) is 48.8 cm³/mol. The molecule has 0 saturated carbocycles. The highest BCUT2D eigenvalue weighted by molar-refractivity contribution is 5.93. The van der Waals surface area contributed by atoms with Gasteiger partial charge < -0.3 is 10.5 Å². The molecule has 66 valence electrons. The topological polar surface area (TPSA) is 52.3 Å². The number of benzene rings is 1. The maximum Gasteiger partial charge on any atom is 0.248 e. The molecule has 0 aromatic heterocycles. The molecule has 0 spiro atoms. The number of amides is 1. The Bertz CT molecular complexity index is 276. The van der Waals surface area contributed by atoms with Crippen LogP contribution in [-0.4, -0.2) is 13.0 Å². The summed E-state index contributed by atoms with van der Waals surface area (Å²) >= 11 is 0. The summed E-state index contributed by atoms with van der Waals surface area (Å²) in [5.74, 6) is 0.199. The van der Waals surface area contributed by atoms with E-state index in [2.05, 4.69) is 0 Å². The summed E-state index contributed by atoms with van der Waals surface area (Å²) in [6, 6.07) is 6.72. The van der Waals surface area contributed by atoms with Gasteiger partial charge in [0.1, 0.15) is 5.75 Å². The highest BCUT2D eigenvalue weighted by Gasteiger charge is 1.99. The molecule has 0 bridgehead atoms. The minimum absolute atomic E-state index is 0. The smallest absolute Gasteiger partial charge is 0.248 e. The predicted octanol–water partition coefficient (Wildman–Crippen LogP) is 1.22. The Morgan fingerprint density at radius 2 is 2.17 bits per heavy atom. The van der Waals surface area contributed by atoms with Crippen LogP contribution in [0.25, 0.3) is 0 Å². The van der Waals surface area contributed by atoms with Crippen LogP contribution in [0.1, 0.15) is 10.4 Å². The van der Waals surface area contributed by atoms with Crippen LogP contribution in [0.3, 0.4) is 0 Å². The highest BCUT2D eigenvalue weighted by Crippen LogP contribution is 2.11. The number of nitrogens with two attached hydrogens (primary N) is 1. The Balaban J connectivity index is 0.00000121. The lowest BCUT2D eigenvalue weighted by molar-refractivity contribution is 0.1000. The van der Waals surface area contributed by atoms with Gasteiger partial charge in [0.2, 0.25) is 5.91 Å². The molecule has 2 N–H and O–H groups in total. The summed E-state index contributed by atoms with van der Waals surface area (Å²) in [4.78, 5) is 10.6. The number of carbonyl (C=O) groups excluding carboxylic acids is 1. The first-order valence-electron chi connectivity index (χ1n) is 3.18. The third kappa shape index (κ3) is 2.43. The Labute approximate surface area is 76.9 Å². The van der Waals surface area contributed by atoms with Crippen molar-refractivity contribution in [2.24, 2.45) is 5.73 Å². The lowest BCUT2D eigenvalue weighted by Crippen LogP contribution is -2.10. The molecular weight excluding hydrogens is 178 g/mol. The second kappa shape index (κ2) is 4.62. The van der Waals surface area contributed by atoms with E-state index in [4.69, 9.17) is 10.5 Å². The minimum Gasteiger partial charge on any atom is -0.497 e. The quantitative estimate of drug-likeness (QED) is 0.757. The largest absolute Gasteiger partial charge is 0.497 e. The van der Waals surface area contributed by atoms with Gasteiger partial charge in [-0.25, -0.2) is 0 Å². The van der Waals surface area contributed by atoms with Crippen LogP contribution >= 0.6 is 12.4 Å². The number of ether oxygens (including phenoxy) is 1. The zero-order valence-corrected chi connectivity index (χ0v) is 7.43. The molecule has 1 aromatic rings. The van der Waals surface area contributed by atoms with E-state index in [1.807, 2.05) is 0 Å². The van der Waals surface area contributed by atoms with Gasteiger partial charge in [-0.3, -0.25) is 4.79 Å². The van der Waals surface area contributed by atoms with Crippen molar-refractivity contribution in [3.05, 3.63) is 29.8 Å². The van der Waals surface area contributed by atoms with Gasteiger partial charge in [-0.2, -0.15) is 0 Å². The average molecular weight is 188 g/mol. The van der Waals surface area contributed by atoms with E-state index in [0.29, 0.717) is 11.3 Å². The first-order valence-corrected chi connectivity index (χ1v) is 3.18. The zero-order chi connectivity index (χ0) is 8.27. The monoisotopic (exact) mass is 187 g/mol. The van der Waals surface area contributed by atoms with E-state index >= 15 is 0 Å². The van der Waals surface area contributed by atoms with E-state index in [-0.39, 0.29) is 12.4 Å². The summed E-state index contributed by atoms with van der Waals surface area (Å²) in [5, 5.41) is 0. The van der Waals surface area contributed by atoms with E-state index < -0.39 is 5.91 Å². The SMILES string of the molecule is COc1cccc(C(N)=O)c1.Cl. The van der Waals surface area contributed by atoms with Crippen LogP contribution < -0.4 is 10.5 Å². The van der Waals surface area contributed by atoms with E-state index in [0.717, 1.165) is 0 Å². The molecule has 1 aromatic carbocycles. The average Bonchev–Trinajstić information content (AvgIpc) is 2.05. The number of methoxy groups -OCH3 is 1. The Morgan fingerprint density at radius 1 is 1.50 bits per heavy atom. The Morgan fingerprint density at radius 3 is 2.67 bits per heavy atom. The maximum atomic E-state index is 10.6. The van der Waals surface area contributed by atoms with Crippen LogP contribution in [0.5, 0.6) is 5.75 Å². The van der Waals surface area contributed by atoms with Gasteiger partial charge in [0.15, 0.2) is 0 Å². The third-order valence-corrected chi connectivity index (χ3v) is 1.35. The molecule has 0 radical (unpaired) electrons. The number of hydrogen-bond acceptors (Lipinski definition) is 2. The first kappa shape index (κ1) is 10.8. The van der Waals surface area contributed by atoms with Gasteiger partial charge in [0.05, 0.1) is 7.11 Å². The molecular formula is C8H10ClNO2. The van der Waals surface area contributed by atoms with Gasteiger partial charge in [-0.05, 0) is 18.2 Å². The molecule has 12 heavy (non-hydrogen) atoms. The summed E-state index contributed by atoms with van der Waals surface area (Å²) in [7, 11) is 1.54. The van der Waals surface area contributed by atoms with Crippen molar-refractivity contribution in [3.63, 3.8) is 0 Å². The van der Waals surface area contributed by atoms with Gasteiger partial charge in [0, 0.05) is 5.56 Å². The van der Waals surface area contributed by atoms with Crippen molar-refractivity contribution in [3.8, 4) is 5.75 Å². The van der Waals surface area contributed by atoms with E-state index in [1.54, 1.807) is 31.4 Å². The second-order valence-electron chi connectivity index (χ2n) is 2.10. The van der Waals surface area contributed by atoms with Crippen LogP contribution in [-0.2, 0) is 0 Å². The summed E-state index contributed by atoms with van der Waals surface area (Å²) in [6.07, 6.45) is 0. The van der Waals surface area contributed by atoms with Crippen molar-refractivity contribution in [1.82, 2.24) is 0 Å². The number of primary amides is 1. The molecule has 0 saturated heterocycles. The molecule has 0 heterocycles. The molecule has 0 aliphatic heterocycles. The fourth-order valence-electron chi connectivity index (χ4n) is 0.776. The first-order chi connectivity index (χ1) is 5.24. The van der Waals surface area contributed by atoms with E-state index in [1.165, 1.54) is 0 Å². The molecule has 3 nitrogen and oxygen atoms in total. The van der Waals surface area contributed by atoms with Crippen LogP contribution in [0.15, 0.2) is 24.3 Å². The molecule has 1 rings (SSSR count). The maximum absolute atomic E-state index is 10.6. The number of halogens is 1. The summed E-state index contributed by atoms with van der Waals surface area (Å²) in [6.45, 7) is 0. The van der Waals surface area contributed by atoms with Crippen molar-refractivity contribution in [2.45, 2.75) is 0 Å². The molecule has 0 aliphatic rings. The number of rotatable bonds is 2. The molecule has 0 fully saturated rings. The van der Waals surface area contributed by atoms with Gasteiger partial charge in [-0.1, -0.05) is 6.07 Å².